The fourth-order valence-corrected chi connectivity index (χ4v) is 5.25. The van der Waals surface area contributed by atoms with Crippen molar-refractivity contribution in [2.45, 2.75) is 62.4 Å². The third-order valence-electron chi connectivity index (χ3n) is 5.01. The SMILES string of the molecule is C=CCn1c(CCC2CCCCC2)nnc1SCc1c(Cl)cccc1Cl. The summed E-state index contributed by atoms with van der Waals surface area (Å²) in [6.07, 6.45) is 11.0. The molecule has 1 aliphatic carbocycles. The molecule has 26 heavy (non-hydrogen) atoms. The quantitative estimate of drug-likeness (QED) is 0.364. The van der Waals surface area contributed by atoms with Gasteiger partial charge in [-0.3, -0.25) is 0 Å². The van der Waals surface area contributed by atoms with E-state index in [1.165, 1.54) is 38.5 Å². The van der Waals surface area contributed by atoms with E-state index in [0.29, 0.717) is 15.8 Å². The molecule has 0 unspecified atom stereocenters. The molecule has 0 aliphatic heterocycles. The van der Waals surface area contributed by atoms with Crippen LogP contribution in [0.5, 0.6) is 0 Å². The summed E-state index contributed by atoms with van der Waals surface area (Å²) < 4.78 is 2.17. The minimum absolute atomic E-state index is 0.677. The molecule has 1 heterocycles. The molecule has 1 aromatic heterocycles. The van der Waals surface area contributed by atoms with E-state index in [1.54, 1.807) is 11.8 Å². The van der Waals surface area contributed by atoms with Crippen LogP contribution in [0, 0.1) is 5.92 Å². The zero-order chi connectivity index (χ0) is 18.4. The molecule has 1 aliphatic rings. The van der Waals surface area contributed by atoms with E-state index in [9.17, 15) is 0 Å². The fraction of sp³-hybridized carbons (Fsp3) is 0.500. The second-order valence-corrected chi connectivity index (χ2v) is 8.59. The molecule has 6 heteroatoms. The van der Waals surface area contributed by atoms with E-state index in [2.05, 4.69) is 21.3 Å². The first-order valence-electron chi connectivity index (χ1n) is 9.27. The number of benzene rings is 1. The number of rotatable bonds is 8. The molecule has 1 saturated carbocycles. The van der Waals surface area contributed by atoms with E-state index in [0.717, 1.165) is 35.4 Å². The highest BCUT2D eigenvalue weighted by Crippen LogP contribution is 2.32. The topological polar surface area (TPSA) is 30.7 Å². The van der Waals surface area contributed by atoms with Gasteiger partial charge in [-0.15, -0.1) is 16.8 Å². The minimum atomic E-state index is 0.677. The summed E-state index contributed by atoms with van der Waals surface area (Å²) in [7, 11) is 0. The van der Waals surface area contributed by atoms with Gasteiger partial charge in [-0.1, -0.05) is 79.2 Å². The average Bonchev–Trinajstić information content (AvgIpc) is 3.03. The predicted octanol–water partition coefficient (Wildman–Crippen LogP) is 6.58. The third-order valence-corrected chi connectivity index (χ3v) is 6.71. The van der Waals surface area contributed by atoms with E-state index in [-0.39, 0.29) is 0 Å². The van der Waals surface area contributed by atoms with Crippen LogP contribution in [0.4, 0.5) is 0 Å². The number of aryl methyl sites for hydroxylation is 1. The van der Waals surface area contributed by atoms with Gasteiger partial charge in [-0.2, -0.15) is 0 Å². The monoisotopic (exact) mass is 409 g/mol. The van der Waals surface area contributed by atoms with Crippen LogP contribution >= 0.6 is 35.0 Å². The molecule has 0 amide bonds. The van der Waals surface area contributed by atoms with Gasteiger partial charge in [0.15, 0.2) is 5.16 Å². The van der Waals surface area contributed by atoms with Crippen molar-refractivity contribution in [1.29, 1.82) is 0 Å². The van der Waals surface area contributed by atoms with Crippen LogP contribution < -0.4 is 0 Å². The van der Waals surface area contributed by atoms with Crippen molar-refractivity contribution < 1.29 is 0 Å². The summed E-state index contributed by atoms with van der Waals surface area (Å²) in [4.78, 5) is 0. The maximum Gasteiger partial charge on any atom is 0.191 e. The van der Waals surface area contributed by atoms with E-state index in [1.807, 2.05) is 24.3 Å². The average molecular weight is 410 g/mol. The van der Waals surface area contributed by atoms with Gasteiger partial charge in [-0.25, -0.2) is 0 Å². The molecule has 2 aromatic rings. The Balaban J connectivity index is 1.67. The lowest BCUT2D eigenvalue weighted by Crippen LogP contribution is -2.10. The molecule has 0 bridgehead atoms. The third kappa shape index (κ3) is 5.05. The van der Waals surface area contributed by atoms with Crippen molar-refractivity contribution in [2.75, 3.05) is 0 Å². The van der Waals surface area contributed by atoms with Crippen molar-refractivity contribution in [3.8, 4) is 0 Å². The van der Waals surface area contributed by atoms with Gasteiger partial charge in [0, 0.05) is 28.8 Å². The summed E-state index contributed by atoms with van der Waals surface area (Å²) in [5.74, 6) is 2.58. The molecule has 0 N–H and O–H groups in total. The summed E-state index contributed by atoms with van der Waals surface area (Å²) in [6, 6.07) is 5.60. The standard InChI is InChI=1S/C20H25Cl2N3S/c1-2-13-25-19(12-11-15-7-4-3-5-8-15)23-24-20(25)26-14-16-17(21)9-6-10-18(16)22/h2,6,9-10,15H,1,3-5,7-8,11-14H2. The molecule has 1 fully saturated rings. The Morgan fingerprint density at radius 1 is 1.15 bits per heavy atom. The molecule has 3 rings (SSSR count). The second kappa shape index (κ2) is 9.82. The van der Waals surface area contributed by atoms with Crippen LogP contribution in [0.1, 0.15) is 49.9 Å². The van der Waals surface area contributed by atoms with Gasteiger partial charge in [0.2, 0.25) is 0 Å². The molecule has 3 nitrogen and oxygen atoms in total. The summed E-state index contributed by atoms with van der Waals surface area (Å²) in [5, 5.41) is 11.2. The van der Waals surface area contributed by atoms with Crippen LogP contribution in [0.15, 0.2) is 36.0 Å². The Morgan fingerprint density at radius 2 is 1.88 bits per heavy atom. The molecular weight excluding hydrogens is 385 g/mol. The molecule has 0 radical (unpaired) electrons. The Morgan fingerprint density at radius 3 is 2.58 bits per heavy atom. The molecule has 140 valence electrons. The van der Waals surface area contributed by atoms with Gasteiger partial charge >= 0.3 is 0 Å². The van der Waals surface area contributed by atoms with Crippen LogP contribution in [0.2, 0.25) is 10.0 Å². The van der Waals surface area contributed by atoms with Crippen molar-refractivity contribution in [2.24, 2.45) is 5.92 Å². The number of allylic oxidation sites excluding steroid dienone is 1. The highest BCUT2D eigenvalue weighted by molar-refractivity contribution is 7.98. The molecule has 0 spiro atoms. The first-order valence-corrected chi connectivity index (χ1v) is 11.0. The highest BCUT2D eigenvalue weighted by Gasteiger charge is 2.17. The number of hydrogen-bond donors (Lipinski definition) is 0. The van der Waals surface area contributed by atoms with Gasteiger partial charge in [0.25, 0.3) is 0 Å². The Hall–Kier alpha value is -0.970. The number of thioether (sulfide) groups is 1. The lowest BCUT2D eigenvalue weighted by molar-refractivity contribution is 0.336. The van der Waals surface area contributed by atoms with Crippen molar-refractivity contribution in [1.82, 2.24) is 14.8 Å². The van der Waals surface area contributed by atoms with E-state index >= 15 is 0 Å². The number of halogens is 2. The van der Waals surface area contributed by atoms with Crippen molar-refractivity contribution in [3.05, 3.63) is 52.3 Å². The summed E-state index contributed by atoms with van der Waals surface area (Å²) in [6.45, 7) is 4.61. The van der Waals surface area contributed by atoms with E-state index in [4.69, 9.17) is 23.2 Å². The van der Waals surface area contributed by atoms with Gasteiger partial charge in [0.1, 0.15) is 5.82 Å². The van der Waals surface area contributed by atoms with Crippen LogP contribution in [-0.2, 0) is 18.7 Å². The maximum absolute atomic E-state index is 6.28. The summed E-state index contributed by atoms with van der Waals surface area (Å²) >= 11 is 14.2. The number of hydrogen-bond acceptors (Lipinski definition) is 3. The number of nitrogens with zero attached hydrogens (tertiary/aromatic N) is 3. The highest BCUT2D eigenvalue weighted by atomic mass is 35.5. The van der Waals surface area contributed by atoms with E-state index < -0.39 is 0 Å². The lowest BCUT2D eigenvalue weighted by Gasteiger charge is -2.21. The van der Waals surface area contributed by atoms with Crippen LogP contribution in [0.25, 0.3) is 0 Å². The Labute approximate surface area is 170 Å². The molecule has 0 saturated heterocycles. The van der Waals surface area contributed by atoms with Crippen molar-refractivity contribution >= 4 is 35.0 Å². The fourth-order valence-electron chi connectivity index (χ4n) is 3.54. The zero-order valence-corrected chi connectivity index (χ0v) is 17.3. The maximum atomic E-state index is 6.28. The minimum Gasteiger partial charge on any atom is -0.302 e. The Bertz CT molecular complexity index is 718. The van der Waals surface area contributed by atoms with Crippen molar-refractivity contribution in [3.63, 3.8) is 0 Å². The zero-order valence-electron chi connectivity index (χ0n) is 15.0. The smallest absolute Gasteiger partial charge is 0.191 e. The van der Waals surface area contributed by atoms with Gasteiger partial charge in [0.05, 0.1) is 0 Å². The molecule has 0 atom stereocenters. The van der Waals surface area contributed by atoms with Gasteiger partial charge in [-0.05, 0) is 30.0 Å². The largest absolute Gasteiger partial charge is 0.302 e. The van der Waals surface area contributed by atoms with Gasteiger partial charge < -0.3 is 4.57 Å². The Kier molecular flexibility index (Phi) is 7.47. The number of aromatic nitrogens is 3. The predicted molar refractivity (Wildman–Crippen MR) is 111 cm³/mol. The second-order valence-electron chi connectivity index (χ2n) is 6.83. The normalized spacial score (nSPS) is 15.3. The first kappa shape index (κ1) is 19.8. The van der Waals surface area contributed by atoms with Crippen LogP contribution in [-0.4, -0.2) is 14.8 Å². The lowest BCUT2D eigenvalue weighted by atomic mass is 9.86. The molecule has 1 aromatic carbocycles. The van der Waals surface area contributed by atoms with Crippen LogP contribution in [0.3, 0.4) is 0 Å². The first-order chi connectivity index (χ1) is 12.7. The molecular formula is C20H25Cl2N3S. The summed E-state index contributed by atoms with van der Waals surface area (Å²) in [5.41, 5.74) is 0.942.